The van der Waals surface area contributed by atoms with Crippen molar-refractivity contribution in [2.75, 3.05) is 7.11 Å². The van der Waals surface area contributed by atoms with E-state index in [2.05, 4.69) is 0 Å². The van der Waals surface area contributed by atoms with Crippen LogP contribution in [0.4, 0.5) is 0 Å². The summed E-state index contributed by atoms with van der Waals surface area (Å²) < 4.78 is 11.0. The number of benzene rings is 1. The molecule has 4 atom stereocenters. The van der Waals surface area contributed by atoms with Crippen LogP contribution in [0.15, 0.2) is 18.2 Å². The molecule has 2 aliphatic rings. The highest BCUT2D eigenvalue weighted by molar-refractivity contribution is 6.32. The fourth-order valence-corrected chi connectivity index (χ4v) is 3.85. The summed E-state index contributed by atoms with van der Waals surface area (Å²) in [4.78, 5) is 13.6. The van der Waals surface area contributed by atoms with E-state index in [0.717, 1.165) is 12.0 Å². The first-order valence-electron chi connectivity index (χ1n) is 7.46. The number of hydrogen-bond acceptors (Lipinski definition) is 4. The molecule has 0 amide bonds. The lowest BCUT2D eigenvalue weighted by Gasteiger charge is -2.27. The highest BCUT2D eigenvalue weighted by Crippen LogP contribution is 2.38. The van der Waals surface area contributed by atoms with Gasteiger partial charge in [0.1, 0.15) is 11.8 Å². The maximum absolute atomic E-state index is 11.5. The maximum atomic E-state index is 11.5. The van der Waals surface area contributed by atoms with Crippen molar-refractivity contribution in [2.45, 2.75) is 50.6 Å². The van der Waals surface area contributed by atoms with E-state index in [-0.39, 0.29) is 18.2 Å². The minimum absolute atomic E-state index is 0.0184. The fourth-order valence-electron chi connectivity index (χ4n) is 3.57. The SMILES string of the molecule is COc1ccc(CN2[C@H](C(=O)O)C[C@@H]3O[C@H](C)C[C@@H]32)cc1Cl. The van der Waals surface area contributed by atoms with Gasteiger partial charge in [-0.1, -0.05) is 17.7 Å². The van der Waals surface area contributed by atoms with E-state index in [0.29, 0.717) is 23.7 Å². The zero-order valence-electron chi connectivity index (χ0n) is 12.7. The second-order valence-corrected chi connectivity index (χ2v) is 6.43. The smallest absolute Gasteiger partial charge is 0.321 e. The summed E-state index contributed by atoms with van der Waals surface area (Å²) in [6.07, 6.45) is 1.63. The molecular formula is C16H20ClNO4. The van der Waals surface area contributed by atoms with Gasteiger partial charge in [0, 0.05) is 19.0 Å². The van der Waals surface area contributed by atoms with Crippen LogP contribution in [0.2, 0.25) is 5.02 Å². The third-order valence-corrected chi connectivity index (χ3v) is 4.85. The van der Waals surface area contributed by atoms with Gasteiger partial charge in [-0.3, -0.25) is 9.69 Å². The first-order valence-corrected chi connectivity index (χ1v) is 7.84. The zero-order valence-corrected chi connectivity index (χ0v) is 13.4. The molecule has 0 unspecified atom stereocenters. The van der Waals surface area contributed by atoms with Gasteiger partial charge in [0.25, 0.3) is 0 Å². The molecule has 0 saturated carbocycles. The molecule has 0 bridgehead atoms. The van der Waals surface area contributed by atoms with E-state index in [4.69, 9.17) is 21.1 Å². The lowest BCUT2D eigenvalue weighted by atomic mass is 10.1. The third kappa shape index (κ3) is 2.81. The van der Waals surface area contributed by atoms with Gasteiger partial charge in [-0.2, -0.15) is 0 Å². The second kappa shape index (κ2) is 6.07. The van der Waals surface area contributed by atoms with Crippen molar-refractivity contribution < 1.29 is 19.4 Å². The topological polar surface area (TPSA) is 59.0 Å². The Morgan fingerprint density at radius 3 is 2.91 bits per heavy atom. The van der Waals surface area contributed by atoms with Gasteiger partial charge in [0.2, 0.25) is 0 Å². The Kier molecular flexibility index (Phi) is 4.30. The normalized spacial score (nSPS) is 31.2. The van der Waals surface area contributed by atoms with Crippen molar-refractivity contribution in [3.05, 3.63) is 28.8 Å². The number of halogens is 1. The van der Waals surface area contributed by atoms with E-state index in [1.807, 2.05) is 30.0 Å². The molecule has 0 aliphatic carbocycles. The first-order chi connectivity index (χ1) is 10.5. The molecular weight excluding hydrogens is 306 g/mol. The molecule has 1 aromatic carbocycles. The number of fused-ring (bicyclic) bond motifs is 1. The van der Waals surface area contributed by atoms with Crippen LogP contribution in [0, 0.1) is 0 Å². The van der Waals surface area contributed by atoms with Crippen LogP contribution in [0.1, 0.15) is 25.3 Å². The number of carboxylic acids is 1. The van der Waals surface area contributed by atoms with Gasteiger partial charge in [0.15, 0.2) is 0 Å². The molecule has 0 radical (unpaired) electrons. The van der Waals surface area contributed by atoms with Gasteiger partial charge in [-0.25, -0.2) is 0 Å². The largest absolute Gasteiger partial charge is 0.495 e. The number of carbonyl (C=O) groups is 1. The Labute approximate surface area is 134 Å². The van der Waals surface area contributed by atoms with Crippen LogP contribution < -0.4 is 4.74 Å². The van der Waals surface area contributed by atoms with Gasteiger partial charge in [-0.05, 0) is 31.0 Å². The Morgan fingerprint density at radius 1 is 1.50 bits per heavy atom. The maximum Gasteiger partial charge on any atom is 0.321 e. The quantitative estimate of drug-likeness (QED) is 0.922. The molecule has 1 N–H and O–H groups in total. The average molecular weight is 326 g/mol. The molecule has 2 saturated heterocycles. The Hall–Kier alpha value is -1.30. The predicted octanol–water partition coefficient (Wildman–Crippen LogP) is 2.55. The molecule has 0 aromatic heterocycles. The molecule has 3 rings (SSSR count). The molecule has 6 heteroatoms. The van der Waals surface area contributed by atoms with E-state index >= 15 is 0 Å². The van der Waals surface area contributed by atoms with Gasteiger partial charge >= 0.3 is 5.97 Å². The lowest BCUT2D eigenvalue weighted by molar-refractivity contribution is -0.143. The summed E-state index contributed by atoms with van der Waals surface area (Å²) >= 11 is 6.16. The predicted molar refractivity (Wildman–Crippen MR) is 82.3 cm³/mol. The molecule has 5 nitrogen and oxygen atoms in total. The van der Waals surface area contributed by atoms with Gasteiger partial charge in [0.05, 0.1) is 24.3 Å². The zero-order chi connectivity index (χ0) is 15.9. The Balaban J connectivity index is 1.81. The summed E-state index contributed by atoms with van der Waals surface area (Å²) in [5.41, 5.74) is 0.984. The van der Waals surface area contributed by atoms with Crippen molar-refractivity contribution in [1.29, 1.82) is 0 Å². The van der Waals surface area contributed by atoms with Crippen LogP contribution in [0.25, 0.3) is 0 Å². The molecule has 2 aliphatic heterocycles. The number of hydrogen-bond donors (Lipinski definition) is 1. The second-order valence-electron chi connectivity index (χ2n) is 6.02. The average Bonchev–Trinajstić information content (AvgIpc) is 2.97. The van der Waals surface area contributed by atoms with Crippen molar-refractivity contribution in [2.24, 2.45) is 0 Å². The molecule has 120 valence electrons. The van der Waals surface area contributed by atoms with Crippen molar-refractivity contribution >= 4 is 17.6 Å². The number of likely N-dealkylation sites (tertiary alicyclic amines) is 1. The fraction of sp³-hybridized carbons (Fsp3) is 0.562. The van der Waals surface area contributed by atoms with Crippen LogP contribution in [0.3, 0.4) is 0 Å². The molecule has 2 heterocycles. The van der Waals surface area contributed by atoms with E-state index in [1.165, 1.54) is 0 Å². The van der Waals surface area contributed by atoms with Gasteiger partial charge in [-0.15, -0.1) is 0 Å². The van der Waals surface area contributed by atoms with Gasteiger partial charge < -0.3 is 14.6 Å². The summed E-state index contributed by atoms with van der Waals surface area (Å²) in [6, 6.07) is 5.25. The van der Waals surface area contributed by atoms with Crippen molar-refractivity contribution in [3.8, 4) is 5.75 Å². The number of rotatable bonds is 4. The van der Waals surface area contributed by atoms with Crippen molar-refractivity contribution in [3.63, 3.8) is 0 Å². The summed E-state index contributed by atoms with van der Waals surface area (Å²) in [7, 11) is 1.57. The highest BCUT2D eigenvalue weighted by atomic mass is 35.5. The molecule has 22 heavy (non-hydrogen) atoms. The Morgan fingerprint density at radius 2 is 2.27 bits per heavy atom. The van der Waals surface area contributed by atoms with Crippen LogP contribution in [-0.2, 0) is 16.1 Å². The third-order valence-electron chi connectivity index (χ3n) is 4.56. The number of aliphatic carboxylic acids is 1. The minimum Gasteiger partial charge on any atom is -0.495 e. The Bertz CT molecular complexity index is 579. The number of carboxylic acid groups (broad SMARTS) is 1. The monoisotopic (exact) mass is 325 g/mol. The van der Waals surface area contributed by atoms with E-state index < -0.39 is 12.0 Å². The number of methoxy groups -OCH3 is 1. The van der Waals surface area contributed by atoms with E-state index in [9.17, 15) is 9.90 Å². The van der Waals surface area contributed by atoms with Crippen LogP contribution in [-0.4, -0.2) is 47.4 Å². The van der Waals surface area contributed by atoms with Crippen LogP contribution >= 0.6 is 11.6 Å². The van der Waals surface area contributed by atoms with E-state index in [1.54, 1.807) is 7.11 Å². The molecule has 0 spiro atoms. The highest BCUT2D eigenvalue weighted by Gasteiger charge is 2.49. The molecule has 2 fully saturated rings. The standard InChI is InChI=1S/C16H20ClNO4/c1-9-5-12-15(22-9)7-13(16(19)20)18(12)8-10-3-4-14(21-2)11(17)6-10/h3-4,6,9,12-13,15H,5,7-8H2,1-2H3,(H,19,20)/t9-,12+,13+,15+/m1/s1. The van der Waals surface area contributed by atoms with Crippen molar-refractivity contribution in [1.82, 2.24) is 4.90 Å². The summed E-state index contributed by atoms with van der Waals surface area (Å²) in [6.45, 7) is 2.59. The van der Waals surface area contributed by atoms with Crippen LogP contribution in [0.5, 0.6) is 5.75 Å². The number of ether oxygens (including phenoxy) is 2. The summed E-state index contributed by atoms with van der Waals surface area (Å²) in [5, 5.41) is 10.0. The summed E-state index contributed by atoms with van der Waals surface area (Å²) in [5.74, 6) is -0.164. The molecule has 1 aromatic rings. The minimum atomic E-state index is -0.787. The first kappa shape index (κ1) is 15.6. The number of nitrogens with zero attached hydrogens (tertiary/aromatic N) is 1. The lowest BCUT2D eigenvalue weighted by Crippen LogP contribution is -2.40.